The zero-order valence-electron chi connectivity index (χ0n) is 9.66. The van der Waals surface area contributed by atoms with Gasteiger partial charge in [-0.2, -0.15) is 0 Å². The third-order valence-corrected chi connectivity index (χ3v) is 2.71. The summed E-state index contributed by atoms with van der Waals surface area (Å²) in [6.07, 6.45) is 1.44. The Hall–Kier alpha value is -2.17. The van der Waals surface area contributed by atoms with Gasteiger partial charge in [0.2, 0.25) is 0 Å². The Morgan fingerprint density at radius 2 is 1.94 bits per heavy atom. The summed E-state index contributed by atoms with van der Waals surface area (Å²) in [7, 11) is 0. The summed E-state index contributed by atoms with van der Waals surface area (Å²) in [4.78, 5) is 11.2. The van der Waals surface area contributed by atoms with Crippen LogP contribution in [0.1, 0.15) is 13.8 Å². The average molecular weight is 231 g/mol. The van der Waals surface area contributed by atoms with E-state index in [1.165, 1.54) is 6.33 Å². The van der Waals surface area contributed by atoms with E-state index in [9.17, 15) is 9.90 Å². The molecule has 1 heterocycles. The number of carbonyl (C=O) groups is 1. The van der Waals surface area contributed by atoms with Gasteiger partial charge in [0.1, 0.15) is 11.9 Å². The molecular formula is C12H13N3O2. The average Bonchev–Trinajstić information content (AvgIpc) is 2.79. The lowest BCUT2D eigenvalue weighted by molar-refractivity contribution is -0.145. The largest absolute Gasteiger partial charge is 0.480 e. The molecule has 0 spiro atoms. The van der Waals surface area contributed by atoms with Gasteiger partial charge < -0.3 is 5.11 Å². The zero-order valence-corrected chi connectivity index (χ0v) is 9.66. The monoisotopic (exact) mass is 231 g/mol. The summed E-state index contributed by atoms with van der Waals surface area (Å²) in [5.74, 6) is -0.368. The molecule has 1 N–H and O–H groups in total. The van der Waals surface area contributed by atoms with E-state index in [0.717, 1.165) is 5.56 Å². The van der Waals surface area contributed by atoms with Gasteiger partial charge in [0.25, 0.3) is 0 Å². The minimum atomic E-state index is -1.07. The molecule has 88 valence electrons. The fraction of sp³-hybridized carbons (Fsp3) is 0.250. The first-order chi connectivity index (χ1) is 8.03. The van der Waals surface area contributed by atoms with Crippen molar-refractivity contribution in [3.63, 3.8) is 0 Å². The molecule has 0 radical (unpaired) electrons. The predicted octanol–water partition coefficient (Wildman–Crippen LogP) is 1.76. The van der Waals surface area contributed by atoms with Crippen molar-refractivity contribution in [1.29, 1.82) is 0 Å². The molecule has 0 bridgehead atoms. The fourth-order valence-corrected chi connectivity index (χ4v) is 1.53. The number of nitrogens with zero attached hydrogens (tertiary/aromatic N) is 3. The first-order valence-corrected chi connectivity index (χ1v) is 5.23. The number of carboxylic acids is 1. The molecule has 0 unspecified atom stereocenters. The van der Waals surface area contributed by atoms with Crippen molar-refractivity contribution >= 4 is 5.97 Å². The van der Waals surface area contributed by atoms with Gasteiger partial charge in [-0.25, -0.2) is 4.79 Å². The van der Waals surface area contributed by atoms with Gasteiger partial charge in [0.05, 0.1) is 0 Å². The van der Waals surface area contributed by atoms with Crippen LogP contribution in [0.5, 0.6) is 0 Å². The summed E-state index contributed by atoms with van der Waals surface area (Å²) in [6.45, 7) is 3.23. The van der Waals surface area contributed by atoms with Crippen LogP contribution in [0, 0.1) is 0 Å². The van der Waals surface area contributed by atoms with Crippen LogP contribution >= 0.6 is 0 Å². The van der Waals surface area contributed by atoms with Crippen LogP contribution in [0.2, 0.25) is 0 Å². The summed E-state index contributed by atoms with van der Waals surface area (Å²) in [5.41, 5.74) is -0.228. The van der Waals surface area contributed by atoms with Crippen molar-refractivity contribution in [2.75, 3.05) is 0 Å². The number of carboxylic acid groups (broad SMARTS) is 1. The molecule has 0 aliphatic carbocycles. The van der Waals surface area contributed by atoms with Gasteiger partial charge in [0.15, 0.2) is 5.82 Å². The highest BCUT2D eigenvalue weighted by Crippen LogP contribution is 2.23. The molecular weight excluding hydrogens is 218 g/mol. The maximum Gasteiger partial charge on any atom is 0.329 e. The zero-order chi connectivity index (χ0) is 12.5. The molecule has 1 aromatic heterocycles. The Bertz CT molecular complexity index is 532. The van der Waals surface area contributed by atoms with E-state index in [4.69, 9.17) is 0 Å². The predicted molar refractivity (Wildman–Crippen MR) is 62.4 cm³/mol. The molecule has 0 amide bonds. The van der Waals surface area contributed by atoms with Gasteiger partial charge >= 0.3 is 5.97 Å². The lowest BCUT2D eigenvalue weighted by Crippen LogP contribution is -2.35. The van der Waals surface area contributed by atoms with Gasteiger partial charge in [-0.15, -0.1) is 10.2 Å². The molecule has 0 atom stereocenters. The smallest absolute Gasteiger partial charge is 0.329 e. The Balaban J connectivity index is 2.53. The number of rotatable bonds is 3. The van der Waals surface area contributed by atoms with Crippen LogP contribution in [0.25, 0.3) is 11.4 Å². The van der Waals surface area contributed by atoms with Crippen LogP contribution < -0.4 is 0 Å². The second kappa shape index (κ2) is 4.01. The van der Waals surface area contributed by atoms with Crippen molar-refractivity contribution in [2.24, 2.45) is 0 Å². The highest BCUT2D eigenvalue weighted by Gasteiger charge is 2.31. The van der Waals surface area contributed by atoms with Gasteiger partial charge in [0, 0.05) is 5.56 Å². The van der Waals surface area contributed by atoms with Crippen molar-refractivity contribution in [1.82, 2.24) is 14.8 Å². The lowest BCUT2D eigenvalue weighted by atomic mass is 10.1. The second-order valence-corrected chi connectivity index (χ2v) is 4.25. The molecule has 2 aromatic rings. The van der Waals surface area contributed by atoms with Crippen molar-refractivity contribution in [3.8, 4) is 11.4 Å². The molecule has 0 aliphatic rings. The van der Waals surface area contributed by atoms with E-state index in [2.05, 4.69) is 10.2 Å². The van der Waals surface area contributed by atoms with Gasteiger partial charge in [-0.1, -0.05) is 30.3 Å². The highest BCUT2D eigenvalue weighted by molar-refractivity contribution is 5.76. The van der Waals surface area contributed by atoms with E-state index in [0.29, 0.717) is 5.82 Å². The number of benzene rings is 1. The van der Waals surface area contributed by atoms with Crippen LogP contribution in [-0.4, -0.2) is 25.8 Å². The minimum absolute atomic E-state index is 0.554. The van der Waals surface area contributed by atoms with Crippen molar-refractivity contribution in [2.45, 2.75) is 19.4 Å². The quantitative estimate of drug-likeness (QED) is 0.874. The minimum Gasteiger partial charge on any atom is -0.480 e. The molecule has 0 aliphatic heterocycles. The van der Waals surface area contributed by atoms with Gasteiger partial charge in [-0.05, 0) is 13.8 Å². The van der Waals surface area contributed by atoms with Crippen molar-refractivity contribution in [3.05, 3.63) is 36.7 Å². The first kappa shape index (κ1) is 11.3. The Kier molecular flexibility index (Phi) is 2.67. The summed E-state index contributed by atoms with van der Waals surface area (Å²) < 4.78 is 1.56. The maximum atomic E-state index is 11.2. The molecule has 5 heteroatoms. The molecule has 1 aromatic carbocycles. The SMILES string of the molecule is CC(C)(C(=O)O)n1cnnc1-c1ccccc1. The number of aliphatic carboxylic acids is 1. The Morgan fingerprint density at radius 1 is 1.29 bits per heavy atom. The third-order valence-electron chi connectivity index (χ3n) is 2.71. The summed E-state index contributed by atoms with van der Waals surface area (Å²) in [5, 5.41) is 17.0. The van der Waals surface area contributed by atoms with Crippen LogP contribution in [0.4, 0.5) is 0 Å². The lowest BCUT2D eigenvalue weighted by Gasteiger charge is -2.22. The Labute approximate surface area is 98.7 Å². The number of hydrogen-bond donors (Lipinski definition) is 1. The van der Waals surface area contributed by atoms with E-state index in [1.54, 1.807) is 18.4 Å². The molecule has 0 saturated carbocycles. The molecule has 0 saturated heterocycles. The summed E-state index contributed by atoms with van der Waals surface area (Å²) in [6, 6.07) is 9.40. The Morgan fingerprint density at radius 3 is 2.53 bits per heavy atom. The number of hydrogen-bond acceptors (Lipinski definition) is 3. The highest BCUT2D eigenvalue weighted by atomic mass is 16.4. The van der Waals surface area contributed by atoms with E-state index >= 15 is 0 Å². The second-order valence-electron chi connectivity index (χ2n) is 4.25. The summed E-state index contributed by atoms with van der Waals surface area (Å²) >= 11 is 0. The molecule has 17 heavy (non-hydrogen) atoms. The van der Waals surface area contributed by atoms with E-state index in [-0.39, 0.29) is 0 Å². The van der Waals surface area contributed by atoms with Crippen LogP contribution in [0.15, 0.2) is 36.7 Å². The molecule has 0 fully saturated rings. The maximum absolute atomic E-state index is 11.2. The van der Waals surface area contributed by atoms with Gasteiger partial charge in [-0.3, -0.25) is 4.57 Å². The van der Waals surface area contributed by atoms with Crippen LogP contribution in [0.3, 0.4) is 0 Å². The van der Waals surface area contributed by atoms with Crippen molar-refractivity contribution < 1.29 is 9.90 Å². The van der Waals surface area contributed by atoms with Crippen LogP contribution in [-0.2, 0) is 10.3 Å². The third kappa shape index (κ3) is 1.91. The standard InChI is InChI=1S/C12H13N3O2/c1-12(2,11(16)17)15-8-13-14-10(15)9-6-4-3-5-7-9/h3-8H,1-2H3,(H,16,17). The van der Waals surface area contributed by atoms with E-state index in [1.807, 2.05) is 30.3 Å². The topological polar surface area (TPSA) is 68.0 Å². The molecule has 2 rings (SSSR count). The fourth-order valence-electron chi connectivity index (χ4n) is 1.53. The first-order valence-electron chi connectivity index (χ1n) is 5.23. The number of aromatic nitrogens is 3. The van der Waals surface area contributed by atoms with E-state index < -0.39 is 11.5 Å². The molecule has 5 nitrogen and oxygen atoms in total. The normalized spacial score (nSPS) is 11.4.